The zero-order valence-electron chi connectivity index (χ0n) is 4.96. The smallest absolute Gasteiger partial charge is 0.295 e. The van der Waals surface area contributed by atoms with E-state index in [1.54, 1.807) is 6.92 Å². The van der Waals surface area contributed by atoms with Gasteiger partial charge in [0, 0.05) is 0 Å². The fourth-order valence-electron chi connectivity index (χ4n) is 0.289. The minimum Gasteiger partial charge on any atom is -0.474 e. The van der Waals surface area contributed by atoms with E-state index in [2.05, 4.69) is 4.74 Å². The molecule has 1 radical (unpaired) electrons. The van der Waals surface area contributed by atoms with Gasteiger partial charge in [0.05, 0.1) is 11.5 Å². The molecule has 0 aromatic carbocycles. The Morgan fingerprint density at radius 1 is 2.00 bits per heavy atom. The van der Waals surface area contributed by atoms with E-state index in [4.69, 9.17) is 5.73 Å². The van der Waals surface area contributed by atoms with Crippen molar-refractivity contribution in [3.8, 4) is 0 Å². The highest BCUT2D eigenvalue weighted by Crippen LogP contribution is 1.87. The number of hydrogen-bond donors (Lipinski definition) is 0. The molecule has 0 aliphatic carbocycles. The molecule has 0 aliphatic heterocycles. The summed E-state index contributed by atoms with van der Waals surface area (Å²) in [7, 11) is 0. The molecule has 1 N–H and O–H groups in total. The molecule has 0 amide bonds. The lowest BCUT2D eigenvalue weighted by Gasteiger charge is -1.94. The van der Waals surface area contributed by atoms with Crippen molar-refractivity contribution in [2.75, 3.05) is 6.61 Å². The Morgan fingerprint density at radius 3 is 2.89 bits per heavy atom. The minimum atomic E-state index is -0.724. The number of ether oxygens (including phenoxy) is 1. The lowest BCUT2D eigenvalue weighted by molar-refractivity contribution is -0.405. The minimum absolute atomic E-state index is 0.281. The van der Waals surface area contributed by atoms with Crippen molar-refractivity contribution in [2.45, 2.75) is 6.92 Å². The zero-order chi connectivity index (χ0) is 7.28. The first kappa shape index (κ1) is 7.74. The molecule has 0 bridgehead atoms. The Morgan fingerprint density at radius 2 is 2.56 bits per heavy atom. The Balaban J connectivity index is 3.69. The molecule has 0 atom stereocenters. The predicted octanol–water partition coefficient (Wildman–Crippen LogP) is 0.381. The maximum Gasteiger partial charge on any atom is 0.295 e. The van der Waals surface area contributed by atoms with E-state index in [-0.39, 0.29) is 6.61 Å². The zero-order valence-corrected chi connectivity index (χ0v) is 4.96. The molecule has 51 valence electrons. The monoisotopic (exact) mass is 131 g/mol. The molecule has 0 saturated heterocycles. The van der Waals surface area contributed by atoms with Crippen molar-refractivity contribution >= 4 is 0 Å². The van der Waals surface area contributed by atoms with Gasteiger partial charge in [-0.25, -0.2) is 0 Å². The number of nitrogens with one attached hydrogen (secondary N) is 1. The van der Waals surface area contributed by atoms with Crippen molar-refractivity contribution < 1.29 is 9.66 Å². The number of nitro groups is 1. The molecule has 0 heterocycles. The number of rotatable bonds is 3. The summed E-state index contributed by atoms with van der Waals surface area (Å²) in [4.78, 5) is 8.89. The molecule has 0 saturated carbocycles. The van der Waals surface area contributed by atoms with Crippen LogP contribution in [0.3, 0.4) is 0 Å². The summed E-state index contributed by atoms with van der Waals surface area (Å²) in [5, 5.41) is 9.61. The normalized spacial score (nSPS) is 11.0. The molecule has 0 aromatic rings. The molecule has 0 unspecified atom stereocenters. The van der Waals surface area contributed by atoms with Gasteiger partial charge in [-0.3, -0.25) is 15.8 Å². The van der Waals surface area contributed by atoms with Gasteiger partial charge in [-0.05, 0) is 6.92 Å². The molecule has 0 aromatic heterocycles. The van der Waals surface area contributed by atoms with Gasteiger partial charge in [-0.1, -0.05) is 0 Å². The van der Waals surface area contributed by atoms with Crippen LogP contribution in [0.1, 0.15) is 6.92 Å². The largest absolute Gasteiger partial charge is 0.474 e. The summed E-state index contributed by atoms with van der Waals surface area (Å²) < 4.78 is 4.44. The van der Waals surface area contributed by atoms with Crippen molar-refractivity contribution in [1.82, 2.24) is 5.73 Å². The topological polar surface area (TPSA) is 76.2 Å². The van der Waals surface area contributed by atoms with E-state index in [9.17, 15) is 10.1 Å². The number of nitrogens with zero attached hydrogens (tertiary/aromatic N) is 1. The summed E-state index contributed by atoms with van der Waals surface area (Å²) >= 11 is 0. The van der Waals surface area contributed by atoms with Crippen LogP contribution in [0.4, 0.5) is 0 Å². The van der Waals surface area contributed by atoms with Crippen LogP contribution in [0.15, 0.2) is 12.1 Å². The molecular formula is C4H7N2O3. The van der Waals surface area contributed by atoms with E-state index in [1.165, 1.54) is 0 Å². The van der Waals surface area contributed by atoms with E-state index in [1.807, 2.05) is 0 Å². The number of hydrogen-bond acceptors (Lipinski definition) is 3. The van der Waals surface area contributed by atoms with Gasteiger partial charge >= 0.3 is 0 Å². The summed E-state index contributed by atoms with van der Waals surface area (Å²) in [6.07, 6.45) is 0.503. The van der Waals surface area contributed by atoms with E-state index < -0.39 is 10.8 Å². The van der Waals surface area contributed by atoms with Crippen LogP contribution in [-0.4, -0.2) is 11.5 Å². The third-order valence-corrected chi connectivity index (χ3v) is 0.523. The van der Waals surface area contributed by atoms with Gasteiger partial charge < -0.3 is 4.74 Å². The average molecular weight is 131 g/mol. The van der Waals surface area contributed by atoms with Crippen molar-refractivity contribution in [1.29, 1.82) is 0 Å². The summed E-state index contributed by atoms with van der Waals surface area (Å²) in [6, 6.07) is 0. The lowest BCUT2D eigenvalue weighted by Crippen LogP contribution is -1.95. The second-order valence-electron chi connectivity index (χ2n) is 1.21. The van der Waals surface area contributed by atoms with Gasteiger partial charge in [0.25, 0.3) is 12.1 Å². The second-order valence-corrected chi connectivity index (χ2v) is 1.21. The first-order chi connectivity index (χ1) is 4.16. The highest BCUT2D eigenvalue weighted by atomic mass is 16.6. The van der Waals surface area contributed by atoms with Gasteiger partial charge in [0.15, 0.2) is 0 Å². The average Bonchev–Trinajstić information content (AvgIpc) is 1.63. The third kappa shape index (κ3) is 4.60. The Labute approximate surface area is 52.3 Å². The maximum atomic E-state index is 9.61. The van der Waals surface area contributed by atoms with Crippen LogP contribution in [0.5, 0.6) is 0 Å². The van der Waals surface area contributed by atoms with Gasteiger partial charge in [-0.15, -0.1) is 0 Å². The fourth-order valence-corrected chi connectivity index (χ4v) is 0.289. The quantitative estimate of drug-likeness (QED) is 0.315. The van der Waals surface area contributed by atoms with E-state index in [0.717, 1.165) is 0 Å². The molecule has 5 heteroatoms. The summed E-state index contributed by atoms with van der Waals surface area (Å²) in [6.45, 7) is 1.94. The summed E-state index contributed by atoms with van der Waals surface area (Å²) in [5.74, 6) is -0.414. The molecule has 0 fully saturated rings. The van der Waals surface area contributed by atoms with Crippen LogP contribution in [0, 0.1) is 10.1 Å². The van der Waals surface area contributed by atoms with Gasteiger partial charge in [0.1, 0.15) is 0 Å². The van der Waals surface area contributed by atoms with Crippen LogP contribution < -0.4 is 5.73 Å². The highest BCUT2D eigenvalue weighted by molar-refractivity contribution is 4.76. The van der Waals surface area contributed by atoms with Crippen molar-refractivity contribution in [3.63, 3.8) is 0 Å². The molecule has 9 heavy (non-hydrogen) atoms. The van der Waals surface area contributed by atoms with Gasteiger partial charge in [0.2, 0.25) is 0 Å². The van der Waals surface area contributed by atoms with Crippen molar-refractivity contribution in [2.24, 2.45) is 0 Å². The van der Waals surface area contributed by atoms with Crippen molar-refractivity contribution in [3.05, 3.63) is 22.2 Å². The Kier molecular flexibility index (Phi) is 3.19. The Hall–Kier alpha value is -1.26. The summed E-state index contributed by atoms with van der Waals surface area (Å²) in [5.41, 5.74) is 6.70. The first-order valence-electron chi connectivity index (χ1n) is 2.36. The van der Waals surface area contributed by atoms with Gasteiger partial charge in [-0.2, -0.15) is 0 Å². The van der Waals surface area contributed by atoms with Crippen LogP contribution in [0.2, 0.25) is 0 Å². The molecule has 0 aliphatic rings. The van der Waals surface area contributed by atoms with E-state index >= 15 is 0 Å². The SMILES string of the molecule is CCOC([NH])=C[N+](=O)[O-]. The second kappa shape index (κ2) is 3.71. The highest BCUT2D eigenvalue weighted by Gasteiger charge is 1.95. The lowest BCUT2D eigenvalue weighted by atomic mass is 10.8. The third-order valence-electron chi connectivity index (χ3n) is 0.523. The van der Waals surface area contributed by atoms with Crippen LogP contribution in [-0.2, 0) is 4.74 Å². The van der Waals surface area contributed by atoms with Crippen LogP contribution >= 0.6 is 0 Å². The molecule has 0 spiro atoms. The first-order valence-corrected chi connectivity index (χ1v) is 2.36. The standard InChI is InChI=1S/C4H7N2O3/c1-2-9-4(5)3-6(7)8/h3,5H,2H2,1H3. The maximum absolute atomic E-state index is 9.61. The predicted molar refractivity (Wildman–Crippen MR) is 29.8 cm³/mol. The van der Waals surface area contributed by atoms with Crippen LogP contribution in [0.25, 0.3) is 0 Å². The molecule has 0 rings (SSSR count). The fraction of sp³-hybridized carbons (Fsp3) is 0.500. The molecular weight excluding hydrogens is 124 g/mol. The Bertz CT molecular complexity index is 132. The van der Waals surface area contributed by atoms with E-state index in [0.29, 0.717) is 6.20 Å². The molecule has 5 nitrogen and oxygen atoms in total.